The van der Waals surface area contributed by atoms with Gasteiger partial charge in [-0.05, 0) is 13.8 Å². The Morgan fingerprint density at radius 2 is 2.29 bits per heavy atom. The lowest BCUT2D eigenvalue weighted by Crippen LogP contribution is -2.25. The highest BCUT2D eigenvalue weighted by atomic mass is 16.5. The Hall–Kier alpha value is -0.940. The summed E-state index contributed by atoms with van der Waals surface area (Å²) >= 11 is 0. The normalized spacial score (nSPS) is 11.1. The van der Waals surface area contributed by atoms with Crippen molar-refractivity contribution < 1.29 is 4.74 Å². The number of rotatable bonds is 7. The third kappa shape index (κ3) is 4.94. The molecule has 80 valence electrons. The van der Waals surface area contributed by atoms with Crippen molar-refractivity contribution in [1.29, 1.82) is 0 Å². The van der Waals surface area contributed by atoms with Crippen LogP contribution < -0.4 is 5.32 Å². The molecule has 0 aliphatic carbocycles. The summed E-state index contributed by atoms with van der Waals surface area (Å²) in [5.41, 5.74) is 0. The molecule has 0 aliphatic heterocycles. The summed E-state index contributed by atoms with van der Waals surface area (Å²) < 4.78 is 7.18. The zero-order chi connectivity index (χ0) is 10.2. The number of hydrogen-bond donors (Lipinski definition) is 1. The minimum atomic E-state index is 0.312. The molecule has 0 saturated carbocycles. The molecule has 0 unspecified atom stereocenters. The second-order valence-electron chi connectivity index (χ2n) is 3.34. The van der Waals surface area contributed by atoms with Gasteiger partial charge in [0.05, 0.1) is 25.5 Å². The van der Waals surface area contributed by atoms with Crippen LogP contribution in [0.1, 0.15) is 13.8 Å². The molecule has 0 amide bonds. The molecule has 1 rings (SSSR count). The van der Waals surface area contributed by atoms with Gasteiger partial charge in [-0.15, -0.1) is 5.10 Å². The molecule has 0 aromatic carbocycles. The number of ether oxygens (including phenoxy) is 1. The van der Waals surface area contributed by atoms with Gasteiger partial charge in [0.15, 0.2) is 0 Å². The van der Waals surface area contributed by atoms with Crippen LogP contribution in [0.3, 0.4) is 0 Å². The zero-order valence-electron chi connectivity index (χ0n) is 8.81. The predicted octanol–water partition coefficient (Wildman–Crippen LogP) is 0.293. The summed E-state index contributed by atoms with van der Waals surface area (Å²) in [5, 5.41) is 10.8. The minimum absolute atomic E-state index is 0.312. The molecule has 0 radical (unpaired) electrons. The Kier molecular flexibility index (Phi) is 5.17. The number of nitrogens with zero attached hydrogens (tertiary/aromatic N) is 3. The van der Waals surface area contributed by atoms with Crippen molar-refractivity contribution in [1.82, 2.24) is 20.3 Å². The molecule has 0 spiro atoms. The number of aromatic nitrogens is 3. The summed E-state index contributed by atoms with van der Waals surface area (Å²) in [6, 6.07) is 0. The van der Waals surface area contributed by atoms with Crippen LogP contribution in [0.15, 0.2) is 12.4 Å². The van der Waals surface area contributed by atoms with Crippen molar-refractivity contribution in [3.8, 4) is 0 Å². The number of hydrogen-bond acceptors (Lipinski definition) is 4. The van der Waals surface area contributed by atoms with E-state index in [1.165, 1.54) is 0 Å². The Balaban J connectivity index is 1.90. The minimum Gasteiger partial charge on any atom is -0.377 e. The standard InChI is InChI=1S/C9H18N4O/c1-9(2)14-8-5-10-3-6-13-7-4-11-12-13/h4,7,9-10H,3,5-6,8H2,1-2H3. The van der Waals surface area contributed by atoms with Crippen LogP contribution in [0.25, 0.3) is 0 Å². The predicted molar refractivity (Wildman–Crippen MR) is 54.0 cm³/mol. The lowest BCUT2D eigenvalue weighted by atomic mass is 10.5. The summed E-state index contributed by atoms with van der Waals surface area (Å²) in [4.78, 5) is 0. The van der Waals surface area contributed by atoms with Crippen molar-refractivity contribution in [2.24, 2.45) is 0 Å². The maximum absolute atomic E-state index is 5.38. The highest BCUT2D eigenvalue weighted by Gasteiger charge is 1.93. The molecule has 0 bridgehead atoms. The van der Waals surface area contributed by atoms with E-state index in [0.29, 0.717) is 6.10 Å². The van der Waals surface area contributed by atoms with E-state index in [4.69, 9.17) is 4.74 Å². The molecule has 1 heterocycles. The highest BCUT2D eigenvalue weighted by molar-refractivity contribution is 4.64. The molecule has 0 fully saturated rings. The Labute approximate surface area is 84.4 Å². The van der Waals surface area contributed by atoms with Crippen molar-refractivity contribution in [2.45, 2.75) is 26.5 Å². The largest absolute Gasteiger partial charge is 0.377 e. The van der Waals surface area contributed by atoms with E-state index in [1.54, 1.807) is 10.9 Å². The highest BCUT2D eigenvalue weighted by Crippen LogP contribution is 1.85. The first-order valence-corrected chi connectivity index (χ1v) is 4.95. The molecule has 1 aromatic heterocycles. The molecule has 0 saturated heterocycles. The van der Waals surface area contributed by atoms with E-state index >= 15 is 0 Å². The van der Waals surface area contributed by atoms with Gasteiger partial charge < -0.3 is 10.1 Å². The quantitative estimate of drug-likeness (QED) is 0.640. The van der Waals surface area contributed by atoms with E-state index in [9.17, 15) is 0 Å². The van der Waals surface area contributed by atoms with Gasteiger partial charge in [0.1, 0.15) is 0 Å². The van der Waals surface area contributed by atoms with Gasteiger partial charge in [-0.3, -0.25) is 4.68 Å². The van der Waals surface area contributed by atoms with E-state index in [0.717, 1.165) is 26.2 Å². The molecule has 1 N–H and O–H groups in total. The lowest BCUT2D eigenvalue weighted by Gasteiger charge is -2.08. The van der Waals surface area contributed by atoms with E-state index < -0.39 is 0 Å². The first kappa shape index (κ1) is 11.1. The van der Waals surface area contributed by atoms with E-state index in [-0.39, 0.29) is 0 Å². The van der Waals surface area contributed by atoms with Gasteiger partial charge >= 0.3 is 0 Å². The van der Waals surface area contributed by atoms with Crippen molar-refractivity contribution in [2.75, 3.05) is 19.7 Å². The van der Waals surface area contributed by atoms with Crippen LogP contribution in [0.2, 0.25) is 0 Å². The van der Waals surface area contributed by atoms with Crippen molar-refractivity contribution >= 4 is 0 Å². The van der Waals surface area contributed by atoms with Gasteiger partial charge in [0.2, 0.25) is 0 Å². The first-order chi connectivity index (χ1) is 6.79. The Bertz CT molecular complexity index is 223. The second-order valence-corrected chi connectivity index (χ2v) is 3.34. The lowest BCUT2D eigenvalue weighted by molar-refractivity contribution is 0.0808. The topological polar surface area (TPSA) is 52.0 Å². The zero-order valence-corrected chi connectivity index (χ0v) is 8.81. The summed E-state index contributed by atoms with van der Waals surface area (Å²) in [5.74, 6) is 0. The Morgan fingerprint density at radius 3 is 2.93 bits per heavy atom. The third-order valence-corrected chi connectivity index (χ3v) is 1.72. The van der Waals surface area contributed by atoms with Gasteiger partial charge in [-0.25, -0.2) is 0 Å². The fraction of sp³-hybridized carbons (Fsp3) is 0.778. The second kappa shape index (κ2) is 6.50. The third-order valence-electron chi connectivity index (χ3n) is 1.72. The molecule has 5 nitrogen and oxygen atoms in total. The SMILES string of the molecule is CC(C)OCCNCCn1ccnn1. The van der Waals surface area contributed by atoms with Crippen LogP contribution >= 0.6 is 0 Å². The monoisotopic (exact) mass is 198 g/mol. The molecule has 0 aliphatic rings. The average molecular weight is 198 g/mol. The fourth-order valence-corrected chi connectivity index (χ4v) is 1.04. The van der Waals surface area contributed by atoms with Crippen LogP contribution in [0.5, 0.6) is 0 Å². The molecule has 5 heteroatoms. The van der Waals surface area contributed by atoms with Gasteiger partial charge in [0.25, 0.3) is 0 Å². The summed E-state index contributed by atoms with van der Waals surface area (Å²) in [6.45, 7) is 7.46. The van der Waals surface area contributed by atoms with Crippen LogP contribution in [-0.4, -0.2) is 40.8 Å². The van der Waals surface area contributed by atoms with Crippen molar-refractivity contribution in [3.63, 3.8) is 0 Å². The van der Waals surface area contributed by atoms with Crippen LogP contribution in [0, 0.1) is 0 Å². The smallest absolute Gasteiger partial charge is 0.0692 e. The first-order valence-electron chi connectivity index (χ1n) is 4.95. The Morgan fingerprint density at radius 1 is 1.43 bits per heavy atom. The van der Waals surface area contributed by atoms with Crippen molar-refractivity contribution in [3.05, 3.63) is 12.4 Å². The van der Waals surface area contributed by atoms with Crippen LogP contribution in [0.4, 0.5) is 0 Å². The van der Waals surface area contributed by atoms with Gasteiger partial charge in [-0.1, -0.05) is 5.21 Å². The average Bonchev–Trinajstić information content (AvgIpc) is 2.63. The summed E-state index contributed by atoms with van der Waals surface area (Å²) in [6.07, 6.45) is 3.85. The fourth-order valence-electron chi connectivity index (χ4n) is 1.04. The number of nitrogens with one attached hydrogen (secondary N) is 1. The van der Waals surface area contributed by atoms with E-state index in [2.05, 4.69) is 15.6 Å². The van der Waals surface area contributed by atoms with Gasteiger partial charge in [0, 0.05) is 19.3 Å². The van der Waals surface area contributed by atoms with E-state index in [1.807, 2.05) is 20.0 Å². The molecule has 1 aromatic rings. The molecular weight excluding hydrogens is 180 g/mol. The van der Waals surface area contributed by atoms with Crippen LogP contribution in [-0.2, 0) is 11.3 Å². The van der Waals surface area contributed by atoms with Gasteiger partial charge in [-0.2, -0.15) is 0 Å². The maximum Gasteiger partial charge on any atom is 0.0692 e. The summed E-state index contributed by atoms with van der Waals surface area (Å²) in [7, 11) is 0. The molecule has 0 atom stereocenters. The molecule has 14 heavy (non-hydrogen) atoms. The molecular formula is C9H18N4O. The maximum atomic E-state index is 5.38.